The van der Waals surface area contributed by atoms with Gasteiger partial charge in [-0.2, -0.15) is 4.39 Å². The van der Waals surface area contributed by atoms with Crippen molar-refractivity contribution in [2.75, 3.05) is 11.1 Å². The van der Waals surface area contributed by atoms with Gasteiger partial charge in [0.1, 0.15) is 4.70 Å². The van der Waals surface area contributed by atoms with Crippen molar-refractivity contribution < 1.29 is 14.1 Å². The minimum atomic E-state index is -0.981. The molecule has 3 rings (SSSR count). The van der Waals surface area contributed by atoms with Crippen LogP contribution in [0.2, 0.25) is 0 Å². The highest BCUT2D eigenvalue weighted by atomic mass is 32.2. The van der Waals surface area contributed by atoms with E-state index in [4.69, 9.17) is 0 Å². The Labute approximate surface area is 153 Å². The second-order valence-corrected chi connectivity index (χ2v) is 7.01. The molecule has 0 radical (unpaired) electrons. The van der Waals surface area contributed by atoms with Crippen LogP contribution >= 0.6 is 23.1 Å². The number of halogens is 1. The van der Waals surface area contributed by atoms with E-state index < -0.39 is 22.3 Å². The normalized spacial score (nSPS) is 10.8. The third-order valence-corrected chi connectivity index (χ3v) is 5.33. The molecule has 0 aliphatic heterocycles. The Morgan fingerprint density at radius 2 is 2.23 bits per heavy atom. The number of thiophene rings is 1. The quantitative estimate of drug-likeness (QED) is 0.309. The minimum absolute atomic E-state index is 0.0684. The summed E-state index contributed by atoms with van der Waals surface area (Å²) in [4.78, 5) is 38.5. The van der Waals surface area contributed by atoms with Crippen molar-refractivity contribution >= 4 is 50.6 Å². The first-order chi connectivity index (χ1) is 12.4. The molecule has 2 aromatic heterocycles. The molecule has 1 N–H and O–H groups in total. The molecule has 0 spiro atoms. The molecule has 26 heavy (non-hydrogen) atoms. The number of carbonyl (C=O) groups is 1. The van der Waals surface area contributed by atoms with E-state index in [1.165, 1.54) is 22.0 Å². The fourth-order valence-corrected chi connectivity index (χ4v) is 3.73. The van der Waals surface area contributed by atoms with Gasteiger partial charge in [0, 0.05) is 18.8 Å². The standard InChI is InChI=1S/C15H11FN4O4S2/c1-19-14(22)13-10(4-5-25-13)18-15(19)26-7-12(21)17-8-2-3-9(16)11(6-8)20(23)24/h2-6H,7H2,1H3,(H,17,21). The minimum Gasteiger partial charge on any atom is -0.325 e. The smallest absolute Gasteiger partial charge is 0.306 e. The van der Waals surface area contributed by atoms with Crippen molar-refractivity contribution in [3.8, 4) is 0 Å². The molecule has 0 bridgehead atoms. The molecule has 0 atom stereocenters. The fraction of sp³-hybridized carbons (Fsp3) is 0.133. The predicted octanol–water partition coefficient (Wildman–Crippen LogP) is 2.77. The fourth-order valence-electron chi connectivity index (χ4n) is 2.15. The number of nitrogens with one attached hydrogen (secondary N) is 1. The van der Waals surface area contributed by atoms with Crippen LogP contribution in [0.15, 0.2) is 39.6 Å². The van der Waals surface area contributed by atoms with Gasteiger partial charge in [-0.1, -0.05) is 11.8 Å². The van der Waals surface area contributed by atoms with Gasteiger partial charge in [0.2, 0.25) is 11.7 Å². The lowest BCUT2D eigenvalue weighted by molar-refractivity contribution is -0.387. The van der Waals surface area contributed by atoms with E-state index in [1.807, 2.05) is 0 Å². The number of fused-ring (bicyclic) bond motifs is 1. The molecule has 134 valence electrons. The molecule has 0 unspecified atom stereocenters. The Bertz CT molecular complexity index is 1080. The van der Waals surface area contributed by atoms with Crippen LogP contribution in [0.25, 0.3) is 10.2 Å². The molecule has 0 saturated heterocycles. The number of nitro groups is 1. The number of nitro benzene ring substituents is 1. The first kappa shape index (κ1) is 18.0. The molecule has 1 aromatic carbocycles. The van der Waals surface area contributed by atoms with Crippen molar-refractivity contribution in [2.24, 2.45) is 7.05 Å². The zero-order valence-corrected chi connectivity index (χ0v) is 14.9. The zero-order chi connectivity index (χ0) is 18.8. The zero-order valence-electron chi connectivity index (χ0n) is 13.3. The van der Waals surface area contributed by atoms with E-state index in [2.05, 4.69) is 10.3 Å². The number of benzene rings is 1. The van der Waals surface area contributed by atoms with Crippen LogP contribution in [0.4, 0.5) is 15.8 Å². The Kier molecular flexibility index (Phi) is 5.00. The highest BCUT2D eigenvalue weighted by Crippen LogP contribution is 2.23. The summed E-state index contributed by atoms with van der Waals surface area (Å²) in [6.07, 6.45) is 0. The summed E-state index contributed by atoms with van der Waals surface area (Å²) in [6, 6.07) is 4.82. The van der Waals surface area contributed by atoms with Crippen LogP contribution < -0.4 is 10.9 Å². The van der Waals surface area contributed by atoms with Crippen LogP contribution in [-0.2, 0) is 11.8 Å². The SMILES string of the molecule is Cn1c(SCC(=O)Nc2ccc(F)c([N+](=O)[O-])c2)nc2ccsc2c1=O. The van der Waals surface area contributed by atoms with Crippen molar-refractivity contribution in [1.29, 1.82) is 0 Å². The molecule has 0 aliphatic carbocycles. The maximum atomic E-state index is 13.3. The summed E-state index contributed by atoms with van der Waals surface area (Å²) >= 11 is 2.35. The highest BCUT2D eigenvalue weighted by molar-refractivity contribution is 7.99. The monoisotopic (exact) mass is 394 g/mol. The summed E-state index contributed by atoms with van der Waals surface area (Å²) < 4.78 is 15.2. The molecular formula is C15H11FN4O4S2. The average molecular weight is 394 g/mol. The lowest BCUT2D eigenvalue weighted by atomic mass is 10.2. The summed E-state index contributed by atoms with van der Waals surface area (Å²) in [6.45, 7) is 0. The summed E-state index contributed by atoms with van der Waals surface area (Å²) in [5.74, 6) is -1.51. The van der Waals surface area contributed by atoms with Crippen LogP contribution in [0.1, 0.15) is 0 Å². The molecule has 3 aromatic rings. The number of nitrogens with zero attached hydrogens (tertiary/aromatic N) is 3. The third kappa shape index (κ3) is 3.58. The lowest BCUT2D eigenvalue weighted by Gasteiger charge is -2.08. The Hall–Kier alpha value is -2.79. The van der Waals surface area contributed by atoms with Gasteiger partial charge in [-0.3, -0.25) is 24.3 Å². The van der Waals surface area contributed by atoms with E-state index in [9.17, 15) is 24.1 Å². The number of rotatable bonds is 5. The summed E-state index contributed by atoms with van der Waals surface area (Å²) in [7, 11) is 1.57. The number of carbonyl (C=O) groups excluding carboxylic acids is 1. The van der Waals surface area contributed by atoms with Gasteiger partial charge < -0.3 is 5.32 Å². The van der Waals surface area contributed by atoms with Gasteiger partial charge in [-0.05, 0) is 23.6 Å². The van der Waals surface area contributed by atoms with Crippen molar-refractivity contribution in [2.45, 2.75) is 5.16 Å². The van der Waals surface area contributed by atoms with Gasteiger partial charge in [0.15, 0.2) is 5.16 Å². The number of hydrogen-bond donors (Lipinski definition) is 1. The Morgan fingerprint density at radius 1 is 1.46 bits per heavy atom. The van der Waals surface area contributed by atoms with Gasteiger partial charge in [0.05, 0.1) is 16.2 Å². The lowest BCUT2D eigenvalue weighted by Crippen LogP contribution is -2.20. The maximum absolute atomic E-state index is 13.3. The molecular weight excluding hydrogens is 383 g/mol. The molecule has 0 fully saturated rings. The maximum Gasteiger partial charge on any atom is 0.306 e. The highest BCUT2D eigenvalue weighted by Gasteiger charge is 2.16. The van der Waals surface area contributed by atoms with E-state index in [-0.39, 0.29) is 17.0 Å². The van der Waals surface area contributed by atoms with Crippen molar-refractivity contribution in [3.63, 3.8) is 0 Å². The predicted molar refractivity (Wildman–Crippen MR) is 97.3 cm³/mol. The largest absolute Gasteiger partial charge is 0.325 e. The van der Waals surface area contributed by atoms with E-state index in [1.54, 1.807) is 18.5 Å². The summed E-state index contributed by atoms with van der Waals surface area (Å²) in [5, 5.41) is 15.3. The van der Waals surface area contributed by atoms with Gasteiger partial charge >= 0.3 is 5.69 Å². The molecule has 0 aliphatic rings. The number of anilines is 1. The van der Waals surface area contributed by atoms with E-state index >= 15 is 0 Å². The number of thioether (sulfide) groups is 1. The number of amides is 1. The molecule has 2 heterocycles. The average Bonchev–Trinajstić information content (AvgIpc) is 3.07. The van der Waals surface area contributed by atoms with Crippen LogP contribution in [0, 0.1) is 15.9 Å². The van der Waals surface area contributed by atoms with E-state index in [0.717, 1.165) is 23.9 Å². The second kappa shape index (κ2) is 7.22. The first-order valence-electron chi connectivity index (χ1n) is 7.17. The second-order valence-electron chi connectivity index (χ2n) is 5.15. The summed E-state index contributed by atoms with van der Waals surface area (Å²) in [5.41, 5.74) is -0.238. The van der Waals surface area contributed by atoms with Crippen LogP contribution in [0.5, 0.6) is 0 Å². The van der Waals surface area contributed by atoms with Crippen molar-refractivity contribution in [1.82, 2.24) is 9.55 Å². The number of hydrogen-bond acceptors (Lipinski definition) is 7. The molecule has 11 heteroatoms. The van der Waals surface area contributed by atoms with Crippen LogP contribution in [0.3, 0.4) is 0 Å². The first-order valence-corrected chi connectivity index (χ1v) is 9.04. The Morgan fingerprint density at radius 3 is 2.96 bits per heavy atom. The van der Waals surface area contributed by atoms with E-state index in [0.29, 0.717) is 15.4 Å². The van der Waals surface area contributed by atoms with Gasteiger partial charge in [0.25, 0.3) is 5.56 Å². The van der Waals surface area contributed by atoms with Crippen molar-refractivity contribution in [3.05, 3.63) is 55.9 Å². The van der Waals surface area contributed by atoms with Crippen LogP contribution in [-0.4, -0.2) is 26.1 Å². The van der Waals surface area contributed by atoms with Gasteiger partial charge in [-0.25, -0.2) is 4.98 Å². The molecule has 8 nitrogen and oxygen atoms in total. The molecule has 1 amide bonds. The molecule has 0 saturated carbocycles. The Balaban J connectivity index is 1.72. The third-order valence-electron chi connectivity index (χ3n) is 3.41. The number of aromatic nitrogens is 2. The van der Waals surface area contributed by atoms with Gasteiger partial charge in [-0.15, -0.1) is 11.3 Å². The topological polar surface area (TPSA) is 107 Å².